The zero-order valence-corrected chi connectivity index (χ0v) is 8.13. The molecule has 1 saturated heterocycles. The zero-order valence-electron chi connectivity index (χ0n) is 8.13. The molecule has 1 aliphatic rings. The number of aliphatic hydroxyl groups is 1. The summed E-state index contributed by atoms with van der Waals surface area (Å²) in [5.74, 6) is -0.887. The summed E-state index contributed by atoms with van der Waals surface area (Å²) in [6.45, 7) is 4.48. The van der Waals surface area contributed by atoms with E-state index in [4.69, 9.17) is 5.11 Å². The van der Waals surface area contributed by atoms with Crippen molar-refractivity contribution in [1.29, 1.82) is 0 Å². The highest BCUT2D eigenvalue weighted by Crippen LogP contribution is 2.39. The number of nitrogens with one attached hydrogen (secondary N) is 1. The number of carboxylic acid groups (broad SMARTS) is 1. The molecule has 0 radical (unpaired) electrons. The van der Waals surface area contributed by atoms with E-state index >= 15 is 0 Å². The molecule has 0 aromatic heterocycles. The summed E-state index contributed by atoms with van der Waals surface area (Å²) in [5, 5.41) is 22.1. The summed E-state index contributed by atoms with van der Waals surface area (Å²) in [6, 6.07) is 0. The molecule has 0 saturated carbocycles. The Bertz CT molecular complexity index is 201. The molecule has 1 fully saturated rings. The minimum atomic E-state index is -1.15. The zero-order chi connectivity index (χ0) is 10.1. The molecule has 4 heteroatoms. The average molecular weight is 187 g/mol. The molecule has 1 aliphatic heterocycles. The summed E-state index contributed by atoms with van der Waals surface area (Å²) in [6.07, 6.45) is 0.984. The van der Waals surface area contributed by atoms with Crippen LogP contribution in [0, 0.1) is 5.41 Å². The summed E-state index contributed by atoms with van der Waals surface area (Å²) in [4.78, 5) is 11.1. The summed E-state index contributed by atoms with van der Waals surface area (Å²) in [5.41, 5.74) is -2.13. The largest absolute Gasteiger partial charge is 0.481 e. The van der Waals surface area contributed by atoms with Gasteiger partial charge in [0.15, 0.2) is 0 Å². The van der Waals surface area contributed by atoms with E-state index in [2.05, 4.69) is 5.32 Å². The summed E-state index contributed by atoms with van der Waals surface area (Å²) in [7, 11) is 0. The maximum Gasteiger partial charge on any atom is 0.312 e. The van der Waals surface area contributed by atoms with Gasteiger partial charge in [0.1, 0.15) is 0 Å². The van der Waals surface area contributed by atoms with Gasteiger partial charge in [0.25, 0.3) is 0 Å². The standard InChI is InChI=1S/C9H17NO3/c1-8(2,13)9(7(11)12)3-5-10-6-4-9/h10,13H,3-6H2,1-2H3,(H,11,12). The van der Waals surface area contributed by atoms with Crippen LogP contribution in [-0.2, 0) is 4.79 Å². The third kappa shape index (κ3) is 1.69. The van der Waals surface area contributed by atoms with Crippen molar-refractivity contribution in [2.45, 2.75) is 32.3 Å². The van der Waals surface area contributed by atoms with Crippen LogP contribution < -0.4 is 5.32 Å². The van der Waals surface area contributed by atoms with E-state index in [9.17, 15) is 9.90 Å². The first-order chi connectivity index (χ1) is 5.90. The molecule has 0 atom stereocenters. The lowest BCUT2D eigenvalue weighted by Gasteiger charge is -2.42. The first kappa shape index (κ1) is 10.5. The lowest BCUT2D eigenvalue weighted by atomic mass is 9.67. The highest BCUT2D eigenvalue weighted by molar-refractivity contribution is 5.76. The Labute approximate surface area is 78.0 Å². The maximum absolute atomic E-state index is 11.1. The molecule has 13 heavy (non-hydrogen) atoms. The Hall–Kier alpha value is -0.610. The smallest absolute Gasteiger partial charge is 0.312 e. The fraction of sp³-hybridized carbons (Fsp3) is 0.889. The molecule has 76 valence electrons. The SMILES string of the molecule is CC(C)(O)C1(C(=O)O)CCNCC1. The Balaban J connectivity index is 2.93. The van der Waals surface area contributed by atoms with Crippen molar-refractivity contribution in [3.05, 3.63) is 0 Å². The van der Waals surface area contributed by atoms with Crippen LogP contribution in [0.1, 0.15) is 26.7 Å². The van der Waals surface area contributed by atoms with Crippen LogP contribution >= 0.6 is 0 Å². The van der Waals surface area contributed by atoms with E-state index < -0.39 is 17.0 Å². The van der Waals surface area contributed by atoms with E-state index in [0.29, 0.717) is 25.9 Å². The molecule has 0 spiro atoms. The predicted octanol–water partition coefficient (Wildman–Crippen LogP) is 0.212. The summed E-state index contributed by atoms with van der Waals surface area (Å²) >= 11 is 0. The predicted molar refractivity (Wildman–Crippen MR) is 48.5 cm³/mol. The lowest BCUT2D eigenvalue weighted by molar-refractivity contribution is -0.169. The van der Waals surface area contributed by atoms with Crippen LogP contribution in [0.4, 0.5) is 0 Å². The quantitative estimate of drug-likeness (QED) is 0.578. The topological polar surface area (TPSA) is 69.6 Å². The number of aliphatic carboxylic acids is 1. The van der Waals surface area contributed by atoms with Crippen molar-refractivity contribution < 1.29 is 15.0 Å². The Kier molecular flexibility index (Phi) is 2.63. The van der Waals surface area contributed by atoms with E-state index in [-0.39, 0.29) is 0 Å². The van der Waals surface area contributed by atoms with E-state index in [0.717, 1.165) is 0 Å². The second kappa shape index (κ2) is 3.27. The van der Waals surface area contributed by atoms with Gasteiger partial charge in [0.05, 0.1) is 11.0 Å². The third-order valence-electron chi connectivity index (χ3n) is 3.04. The van der Waals surface area contributed by atoms with Gasteiger partial charge in [-0.3, -0.25) is 4.79 Å². The molecule has 3 N–H and O–H groups in total. The number of carbonyl (C=O) groups is 1. The van der Waals surface area contributed by atoms with Gasteiger partial charge in [-0.15, -0.1) is 0 Å². The van der Waals surface area contributed by atoms with Crippen molar-refractivity contribution in [2.75, 3.05) is 13.1 Å². The second-order valence-electron chi connectivity index (χ2n) is 4.20. The van der Waals surface area contributed by atoms with Crippen LogP contribution in [0.15, 0.2) is 0 Å². The molecule has 0 aliphatic carbocycles. The minimum absolute atomic E-state index is 0.492. The van der Waals surface area contributed by atoms with Crippen LogP contribution in [0.5, 0.6) is 0 Å². The minimum Gasteiger partial charge on any atom is -0.481 e. The van der Waals surface area contributed by atoms with Crippen molar-refractivity contribution in [1.82, 2.24) is 5.32 Å². The fourth-order valence-corrected chi connectivity index (χ4v) is 1.94. The van der Waals surface area contributed by atoms with Crippen molar-refractivity contribution in [3.63, 3.8) is 0 Å². The highest BCUT2D eigenvalue weighted by Gasteiger charge is 2.50. The normalized spacial score (nSPS) is 22.7. The van der Waals surface area contributed by atoms with Crippen molar-refractivity contribution >= 4 is 5.97 Å². The van der Waals surface area contributed by atoms with Gasteiger partial charge in [-0.2, -0.15) is 0 Å². The van der Waals surface area contributed by atoms with Gasteiger partial charge in [0, 0.05) is 0 Å². The van der Waals surface area contributed by atoms with Crippen molar-refractivity contribution in [3.8, 4) is 0 Å². The molecule has 0 bridgehead atoms. The van der Waals surface area contributed by atoms with E-state index in [1.807, 2.05) is 0 Å². The van der Waals surface area contributed by atoms with Gasteiger partial charge >= 0.3 is 5.97 Å². The Morgan fingerprint density at radius 2 is 1.85 bits per heavy atom. The average Bonchev–Trinajstić information content (AvgIpc) is 2.03. The van der Waals surface area contributed by atoms with Crippen LogP contribution in [0.25, 0.3) is 0 Å². The van der Waals surface area contributed by atoms with Gasteiger partial charge in [-0.1, -0.05) is 0 Å². The number of carboxylic acids is 1. The van der Waals surface area contributed by atoms with Gasteiger partial charge in [-0.05, 0) is 39.8 Å². The molecular weight excluding hydrogens is 170 g/mol. The second-order valence-corrected chi connectivity index (χ2v) is 4.20. The number of piperidine rings is 1. The lowest BCUT2D eigenvalue weighted by Crippen LogP contribution is -2.54. The van der Waals surface area contributed by atoms with Gasteiger partial charge in [-0.25, -0.2) is 0 Å². The molecule has 0 aromatic carbocycles. The number of rotatable bonds is 2. The molecule has 1 rings (SSSR count). The van der Waals surface area contributed by atoms with Gasteiger partial charge in [0.2, 0.25) is 0 Å². The Morgan fingerprint density at radius 1 is 1.38 bits per heavy atom. The number of hydrogen-bond donors (Lipinski definition) is 3. The van der Waals surface area contributed by atoms with E-state index in [1.54, 1.807) is 13.8 Å². The Morgan fingerprint density at radius 3 is 2.08 bits per heavy atom. The molecule has 4 nitrogen and oxygen atoms in total. The highest BCUT2D eigenvalue weighted by atomic mass is 16.4. The van der Waals surface area contributed by atoms with Crippen LogP contribution in [0.2, 0.25) is 0 Å². The van der Waals surface area contributed by atoms with Gasteiger partial charge < -0.3 is 15.5 Å². The monoisotopic (exact) mass is 187 g/mol. The van der Waals surface area contributed by atoms with Crippen LogP contribution in [-0.4, -0.2) is 34.9 Å². The fourth-order valence-electron chi connectivity index (χ4n) is 1.94. The molecule has 0 amide bonds. The van der Waals surface area contributed by atoms with Crippen LogP contribution in [0.3, 0.4) is 0 Å². The first-order valence-corrected chi connectivity index (χ1v) is 4.57. The maximum atomic E-state index is 11.1. The first-order valence-electron chi connectivity index (χ1n) is 4.57. The third-order valence-corrected chi connectivity index (χ3v) is 3.04. The van der Waals surface area contributed by atoms with Crippen molar-refractivity contribution in [2.24, 2.45) is 5.41 Å². The molecular formula is C9H17NO3. The molecule has 0 aromatic rings. The molecule has 0 unspecified atom stereocenters. The molecule has 1 heterocycles. The number of hydrogen-bond acceptors (Lipinski definition) is 3. The summed E-state index contributed by atoms with van der Waals surface area (Å²) < 4.78 is 0. The van der Waals surface area contributed by atoms with E-state index in [1.165, 1.54) is 0 Å².